The van der Waals surface area contributed by atoms with Gasteiger partial charge >= 0.3 is 0 Å². The average Bonchev–Trinajstić information content (AvgIpc) is 2.28. The minimum atomic E-state index is -0.180. The van der Waals surface area contributed by atoms with Gasteiger partial charge in [0.2, 0.25) is 0 Å². The number of hydrogen-bond donors (Lipinski definition) is 1. The van der Waals surface area contributed by atoms with Gasteiger partial charge in [-0.15, -0.1) is 0 Å². The molecular weight excluding hydrogens is 205 g/mol. The first kappa shape index (κ1) is 13.1. The van der Waals surface area contributed by atoms with Crippen LogP contribution < -0.4 is 5.32 Å². The fourth-order valence-corrected chi connectivity index (χ4v) is 1.57. The highest BCUT2D eigenvalue weighted by molar-refractivity contribution is 5.16. The second-order valence-corrected chi connectivity index (χ2v) is 3.88. The van der Waals surface area contributed by atoms with Crippen LogP contribution in [0.15, 0.2) is 24.3 Å². The number of rotatable bonds is 7. The molecule has 1 rings (SSSR count). The summed E-state index contributed by atoms with van der Waals surface area (Å²) in [4.78, 5) is 0. The zero-order valence-electron chi connectivity index (χ0n) is 10.0. The SMILES string of the molecule is CCOCCNC(C)Cc1ccc(F)cc1. The lowest BCUT2D eigenvalue weighted by molar-refractivity contribution is 0.147. The van der Waals surface area contributed by atoms with E-state index in [-0.39, 0.29) is 5.82 Å². The van der Waals surface area contributed by atoms with E-state index in [1.165, 1.54) is 12.1 Å². The van der Waals surface area contributed by atoms with Crippen LogP contribution in [0.3, 0.4) is 0 Å². The van der Waals surface area contributed by atoms with Gasteiger partial charge in [0.15, 0.2) is 0 Å². The van der Waals surface area contributed by atoms with E-state index in [9.17, 15) is 4.39 Å². The summed E-state index contributed by atoms with van der Waals surface area (Å²) in [6.07, 6.45) is 0.909. The summed E-state index contributed by atoms with van der Waals surface area (Å²) in [5.74, 6) is -0.180. The Morgan fingerprint density at radius 3 is 2.62 bits per heavy atom. The van der Waals surface area contributed by atoms with Crippen molar-refractivity contribution < 1.29 is 9.13 Å². The molecule has 0 aliphatic carbocycles. The molecule has 0 bridgehead atoms. The van der Waals surface area contributed by atoms with Gasteiger partial charge in [-0.2, -0.15) is 0 Å². The lowest BCUT2D eigenvalue weighted by Crippen LogP contribution is -2.31. The molecule has 1 unspecified atom stereocenters. The number of halogens is 1. The fourth-order valence-electron chi connectivity index (χ4n) is 1.57. The van der Waals surface area contributed by atoms with Crippen molar-refractivity contribution in [2.75, 3.05) is 19.8 Å². The molecule has 1 N–H and O–H groups in total. The van der Waals surface area contributed by atoms with Crippen LogP contribution in [0, 0.1) is 5.82 Å². The third-order valence-electron chi connectivity index (χ3n) is 2.40. The van der Waals surface area contributed by atoms with Crippen molar-refractivity contribution >= 4 is 0 Å². The van der Waals surface area contributed by atoms with Crippen LogP contribution in [0.2, 0.25) is 0 Å². The van der Waals surface area contributed by atoms with Gasteiger partial charge < -0.3 is 10.1 Å². The van der Waals surface area contributed by atoms with Crippen molar-refractivity contribution in [1.29, 1.82) is 0 Å². The molecule has 0 fully saturated rings. The Labute approximate surface area is 96.8 Å². The number of nitrogens with one attached hydrogen (secondary N) is 1. The molecule has 0 amide bonds. The Balaban J connectivity index is 2.23. The van der Waals surface area contributed by atoms with Crippen LogP contribution >= 0.6 is 0 Å². The molecule has 1 aromatic carbocycles. The Bertz CT molecular complexity index is 286. The molecule has 0 heterocycles. The van der Waals surface area contributed by atoms with E-state index in [0.717, 1.165) is 31.7 Å². The monoisotopic (exact) mass is 225 g/mol. The topological polar surface area (TPSA) is 21.3 Å². The lowest BCUT2D eigenvalue weighted by atomic mass is 10.1. The van der Waals surface area contributed by atoms with E-state index in [1.54, 1.807) is 0 Å². The summed E-state index contributed by atoms with van der Waals surface area (Å²) < 4.78 is 17.9. The third-order valence-corrected chi connectivity index (χ3v) is 2.40. The molecule has 3 heteroatoms. The van der Waals surface area contributed by atoms with Gasteiger partial charge in [0.25, 0.3) is 0 Å². The van der Waals surface area contributed by atoms with E-state index in [0.29, 0.717) is 6.04 Å². The lowest BCUT2D eigenvalue weighted by Gasteiger charge is -2.13. The van der Waals surface area contributed by atoms with Crippen molar-refractivity contribution in [2.24, 2.45) is 0 Å². The maximum absolute atomic E-state index is 12.7. The highest BCUT2D eigenvalue weighted by Gasteiger charge is 2.02. The average molecular weight is 225 g/mol. The predicted octanol–water partition coefficient (Wildman–Crippen LogP) is 2.38. The fraction of sp³-hybridized carbons (Fsp3) is 0.538. The molecule has 16 heavy (non-hydrogen) atoms. The zero-order chi connectivity index (χ0) is 11.8. The molecule has 0 radical (unpaired) electrons. The van der Waals surface area contributed by atoms with Crippen LogP contribution in [-0.2, 0) is 11.2 Å². The first-order valence-electron chi connectivity index (χ1n) is 5.78. The zero-order valence-corrected chi connectivity index (χ0v) is 10.0. The smallest absolute Gasteiger partial charge is 0.123 e. The molecule has 90 valence electrons. The number of hydrogen-bond acceptors (Lipinski definition) is 2. The maximum atomic E-state index is 12.7. The van der Waals surface area contributed by atoms with Crippen LogP contribution in [0.4, 0.5) is 4.39 Å². The van der Waals surface area contributed by atoms with Gasteiger partial charge in [-0.1, -0.05) is 12.1 Å². The van der Waals surface area contributed by atoms with Crippen molar-refractivity contribution in [1.82, 2.24) is 5.32 Å². The summed E-state index contributed by atoms with van der Waals surface area (Å²) >= 11 is 0. The molecule has 0 aliphatic heterocycles. The van der Waals surface area contributed by atoms with Crippen LogP contribution in [0.25, 0.3) is 0 Å². The molecule has 1 atom stereocenters. The van der Waals surface area contributed by atoms with Crippen LogP contribution in [-0.4, -0.2) is 25.8 Å². The van der Waals surface area contributed by atoms with Gasteiger partial charge in [0.1, 0.15) is 5.82 Å². The molecule has 0 aliphatic rings. The normalized spacial score (nSPS) is 12.7. The Hall–Kier alpha value is -0.930. The second kappa shape index (κ2) is 7.36. The molecule has 0 saturated carbocycles. The predicted molar refractivity (Wildman–Crippen MR) is 64.1 cm³/mol. The van der Waals surface area contributed by atoms with Gasteiger partial charge in [0, 0.05) is 19.2 Å². The quantitative estimate of drug-likeness (QED) is 0.719. The number of ether oxygens (including phenoxy) is 1. The Morgan fingerprint density at radius 1 is 1.31 bits per heavy atom. The van der Waals surface area contributed by atoms with Crippen LogP contribution in [0.1, 0.15) is 19.4 Å². The van der Waals surface area contributed by atoms with Crippen molar-refractivity contribution in [3.05, 3.63) is 35.6 Å². The largest absolute Gasteiger partial charge is 0.380 e. The highest BCUT2D eigenvalue weighted by atomic mass is 19.1. The molecule has 1 aromatic rings. The summed E-state index contributed by atoms with van der Waals surface area (Å²) in [6, 6.07) is 7.04. The molecule has 2 nitrogen and oxygen atoms in total. The standard InChI is InChI=1S/C13H20FNO/c1-3-16-9-8-15-11(2)10-12-4-6-13(14)7-5-12/h4-7,11,15H,3,8-10H2,1-2H3. The summed E-state index contributed by atoms with van der Waals surface area (Å²) in [5.41, 5.74) is 1.15. The first-order valence-corrected chi connectivity index (χ1v) is 5.78. The van der Waals surface area contributed by atoms with Crippen molar-refractivity contribution in [2.45, 2.75) is 26.3 Å². The van der Waals surface area contributed by atoms with Gasteiger partial charge in [-0.05, 0) is 38.0 Å². The minimum Gasteiger partial charge on any atom is -0.380 e. The number of benzene rings is 1. The minimum absolute atomic E-state index is 0.180. The van der Waals surface area contributed by atoms with E-state index in [4.69, 9.17) is 4.74 Å². The van der Waals surface area contributed by atoms with Crippen molar-refractivity contribution in [3.63, 3.8) is 0 Å². The van der Waals surface area contributed by atoms with E-state index >= 15 is 0 Å². The highest BCUT2D eigenvalue weighted by Crippen LogP contribution is 2.05. The van der Waals surface area contributed by atoms with Gasteiger partial charge in [0.05, 0.1) is 6.61 Å². The summed E-state index contributed by atoms with van der Waals surface area (Å²) in [7, 11) is 0. The molecule has 0 aromatic heterocycles. The van der Waals surface area contributed by atoms with E-state index in [2.05, 4.69) is 12.2 Å². The van der Waals surface area contributed by atoms with Crippen LogP contribution in [0.5, 0.6) is 0 Å². The van der Waals surface area contributed by atoms with Gasteiger partial charge in [-0.3, -0.25) is 0 Å². The molecule has 0 spiro atoms. The van der Waals surface area contributed by atoms with Gasteiger partial charge in [-0.25, -0.2) is 4.39 Å². The first-order chi connectivity index (χ1) is 7.72. The van der Waals surface area contributed by atoms with E-state index < -0.39 is 0 Å². The maximum Gasteiger partial charge on any atom is 0.123 e. The Morgan fingerprint density at radius 2 is 2.00 bits per heavy atom. The summed E-state index contributed by atoms with van der Waals surface area (Å²) in [5, 5.41) is 3.36. The van der Waals surface area contributed by atoms with Crippen molar-refractivity contribution in [3.8, 4) is 0 Å². The molecule has 0 saturated heterocycles. The molecular formula is C13H20FNO. The Kier molecular flexibility index (Phi) is 6.04. The van der Waals surface area contributed by atoms with E-state index in [1.807, 2.05) is 19.1 Å². The summed E-state index contributed by atoms with van der Waals surface area (Å²) in [6.45, 7) is 6.46. The second-order valence-electron chi connectivity index (χ2n) is 3.88. The third kappa shape index (κ3) is 5.24.